The number of amides is 2. The van der Waals surface area contributed by atoms with Gasteiger partial charge in [-0.15, -0.1) is 0 Å². The van der Waals surface area contributed by atoms with Crippen LogP contribution in [0.4, 0.5) is 5.69 Å². The highest BCUT2D eigenvalue weighted by Crippen LogP contribution is 2.12. The zero-order valence-corrected chi connectivity index (χ0v) is 10.3. The second kappa shape index (κ2) is 5.43. The van der Waals surface area contributed by atoms with Crippen molar-refractivity contribution in [3.8, 4) is 0 Å². The minimum Gasteiger partial charge on any atom is -0.347 e. The number of carbonyl (C=O) groups excluding carboxylic acids is 2. The molecular formula is C12H17N3O2. The first kappa shape index (κ1) is 13.2. The molecule has 0 spiro atoms. The zero-order chi connectivity index (χ0) is 12.9. The van der Waals surface area contributed by atoms with Crippen LogP contribution in [0.15, 0.2) is 24.5 Å². The van der Waals surface area contributed by atoms with Crippen LogP contribution in [0.3, 0.4) is 0 Å². The van der Waals surface area contributed by atoms with Gasteiger partial charge in [-0.1, -0.05) is 20.8 Å². The number of nitrogens with one attached hydrogen (secondary N) is 2. The second-order valence-corrected chi connectivity index (χ2v) is 4.72. The topological polar surface area (TPSA) is 71.1 Å². The Bertz CT molecular complexity index is 396. The molecule has 1 heterocycles. The van der Waals surface area contributed by atoms with Gasteiger partial charge in [-0.3, -0.25) is 14.6 Å². The molecule has 0 aliphatic heterocycles. The van der Waals surface area contributed by atoms with Crippen LogP contribution in [-0.4, -0.2) is 23.3 Å². The Labute approximate surface area is 101 Å². The van der Waals surface area contributed by atoms with Crippen LogP contribution in [-0.2, 0) is 9.59 Å². The Hall–Kier alpha value is -1.91. The van der Waals surface area contributed by atoms with Gasteiger partial charge in [-0.2, -0.15) is 0 Å². The van der Waals surface area contributed by atoms with E-state index in [1.165, 1.54) is 0 Å². The van der Waals surface area contributed by atoms with Crippen LogP contribution in [0.1, 0.15) is 20.8 Å². The molecule has 0 bridgehead atoms. The fourth-order valence-electron chi connectivity index (χ4n) is 1.07. The lowest BCUT2D eigenvalue weighted by Gasteiger charge is -2.17. The fourth-order valence-corrected chi connectivity index (χ4v) is 1.07. The summed E-state index contributed by atoms with van der Waals surface area (Å²) in [6.07, 6.45) is 3.17. The maximum Gasteiger partial charge on any atom is 0.243 e. The van der Waals surface area contributed by atoms with Gasteiger partial charge in [0.1, 0.15) is 0 Å². The molecule has 5 nitrogen and oxygen atoms in total. The van der Waals surface area contributed by atoms with Crippen molar-refractivity contribution < 1.29 is 9.59 Å². The summed E-state index contributed by atoms with van der Waals surface area (Å²) in [5, 5.41) is 5.23. The molecule has 0 aliphatic carbocycles. The molecule has 0 atom stereocenters. The third-order valence-electron chi connectivity index (χ3n) is 2.05. The molecule has 0 aliphatic rings. The Morgan fingerprint density at radius 2 is 1.82 bits per heavy atom. The summed E-state index contributed by atoms with van der Waals surface area (Å²) < 4.78 is 0. The smallest absolute Gasteiger partial charge is 0.243 e. The molecule has 2 amide bonds. The van der Waals surface area contributed by atoms with Gasteiger partial charge in [0.25, 0.3) is 0 Å². The van der Waals surface area contributed by atoms with Gasteiger partial charge in [0, 0.05) is 23.5 Å². The maximum absolute atomic E-state index is 11.5. The average molecular weight is 235 g/mol. The van der Waals surface area contributed by atoms with Crippen molar-refractivity contribution in [2.24, 2.45) is 5.41 Å². The van der Waals surface area contributed by atoms with E-state index in [1.807, 2.05) is 0 Å². The SMILES string of the molecule is CC(C)(C)C(=O)NCC(=O)Nc1ccncc1. The molecule has 0 unspecified atom stereocenters. The molecule has 0 radical (unpaired) electrons. The van der Waals surface area contributed by atoms with E-state index >= 15 is 0 Å². The lowest BCUT2D eigenvalue weighted by molar-refractivity contribution is -0.130. The number of nitrogens with zero attached hydrogens (tertiary/aromatic N) is 1. The van der Waals surface area contributed by atoms with Gasteiger partial charge in [0.2, 0.25) is 11.8 Å². The van der Waals surface area contributed by atoms with Gasteiger partial charge in [-0.25, -0.2) is 0 Å². The first-order valence-electron chi connectivity index (χ1n) is 5.38. The molecule has 0 aromatic carbocycles. The maximum atomic E-state index is 11.5. The van der Waals surface area contributed by atoms with Crippen LogP contribution in [0, 0.1) is 5.41 Å². The first-order valence-corrected chi connectivity index (χ1v) is 5.38. The van der Waals surface area contributed by atoms with Crippen LogP contribution in [0.2, 0.25) is 0 Å². The van der Waals surface area contributed by atoms with Gasteiger partial charge in [-0.05, 0) is 12.1 Å². The molecule has 0 fully saturated rings. The molecule has 92 valence electrons. The predicted octanol–water partition coefficient (Wildman–Crippen LogP) is 1.18. The summed E-state index contributed by atoms with van der Waals surface area (Å²) in [5.74, 6) is -0.406. The van der Waals surface area contributed by atoms with E-state index in [-0.39, 0.29) is 18.4 Å². The molecular weight excluding hydrogens is 218 g/mol. The van der Waals surface area contributed by atoms with Crippen molar-refractivity contribution in [2.45, 2.75) is 20.8 Å². The standard InChI is InChI=1S/C12H17N3O2/c1-12(2,3)11(17)14-8-10(16)15-9-4-6-13-7-5-9/h4-7H,8H2,1-3H3,(H,14,17)(H,13,15,16). The van der Waals surface area contributed by atoms with Gasteiger partial charge < -0.3 is 10.6 Å². The molecule has 1 aromatic heterocycles. The highest BCUT2D eigenvalue weighted by Gasteiger charge is 2.21. The van der Waals surface area contributed by atoms with Gasteiger partial charge >= 0.3 is 0 Å². The molecule has 0 saturated carbocycles. The highest BCUT2D eigenvalue weighted by atomic mass is 16.2. The molecule has 1 rings (SSSR count). The second-order valence-electron chi connectivity index (χ2n) is 4.72. The average Bonchev–Trinajstić information content (AvgIpc) is 2.26. The van der Waals surface area contributed by atoms with Crippen molar-refractivity contribution >= 4 is 17.5 Å². The number of pyridine rings is 1. The molecule has 0 saturated heterocycles. The van der Waals surface area contributed by atoms with Crippen molar-refractivity contribution in [3.63, 3.8) is 0 Å². The van der Waals surface area contributed by atoms with Crippen molar-refractivity contribution in [2.75, 3.05) is 11.9 Å². The van der Waals surface area contributed by atoms with E-state index < -0.39 is 5.41 Å². The Morgan fingerprint density at radius 1 is 1.24 bits per heavy atom. The third kappa shape index (κ3) is 4.63. The van der Waals surface area contributed by atoms with Crippen molar-refractivity contribution in [1.82, 2.24) is 10.3 Å². The lowest BCUT2D eigenvalue weighted by Crippen LogP contribution is -2.39. The minimum atomic E-state index is -0.489. The summed E-state index contributed by atoms with van der Waals surface area (Å²) in [7, 11) is 0. The van der Waals surface area contributed by atoms with E-state index in [9.17, 15) is 9.59 Å². The molecule has 1 aromatic rings. The van der Waals surface area contributed by atoms with E-state index in [0.29, 0.717) is 5.69 Å². The van der Waals surface area contributed by atoms with E-state index in [0.717, 1.165) is 0 Å². The number of aromatic nitrogens is 1. The Kier molecular flexibility index (Phi) is 4.20. The monoisotopic (exact) mass is 235 g/mol. The number of rotatable bonds is 3. The number of anilines is 1. The van der Waals surface area contributed by atoms with Crippen LogP contribution < -0.4 is 10.6 Å². The van der Waals surface area contributed by atoms with Crippen LogP contribution in [0.5, 0.6) is 0 Å². The summed E-state index contributed by atoms with van der Waals surface area (Å²) in [5.41, 5.74) is 0.173. The summed E-state index contributed by atoms with van der Waals surface area (Å²) in [4.78, 5) is 26.9. The van der Waals surface area contributed by atoms with Gasteiger partial charge in [0.05, 0.1) is 6.54 Å². The predicted molar refractivity (Wildman–Crippen MR) is 65.3 cm³/mol. The van der Waals surface area contributed by atoms with Crippen LogP contribution in [0.25, 0.3) is 0 Å². The van der Waals surface area contributed by atoms with Crippen molar-refractivity contribution in [1.29, 1.82) is 0 Å². The quantitative estimate of drug-likeness (QED) is 0.826. The Balaban J connectivity index is 2.39. The molecule has 2 N–H and O–H groups in total. The van der Waals surface area contributed by atoms with Gasteiger partial charge in [0.15, 0.2) is 0 Å². The summed E-state index contributed by atoms with van der Waals surface area (Å²) >= 11 is 0. The normalized spacial score (nSPS) is 10.8. The third-order valence-corrected chi connectivity index (χ3v) is 2.05. The summed E-state index contributed by atoms with van der Waals surface area (Å²) in [6.45, 7) is 5.35. The van der Waals surface area contributed by atoms with E-state index in [4.69, 9.17) is 0 Å². The lowest BCUT2D eigenvalue weighted by atomic mass is 9.96. The summed E-state index contributed by atoms with van der Waals surface area (Å²) in [6, 6.07) is 3.37. The van der Waals surface area contributed by atoms with Crippen molar-refractivity contribution in [3.05, 3.63) is 24.5 Å². The largest absolute Gasteiger partial charge is 0.347 e. The minimum absolute atomic E-state index is 0.0293. The fraction of sp³-hybridized carbons (Fsp3) is 0.417. The molecule has 17 heavy (non-hydrogen) atoms. The number of hydrogen-bond acceptors (Lipinski definition) is 3. The number of carbonyl (C=O) groups is 2. The Morgan fingerprint density at radius 3 is 2.35 bits per heavy atom. The van der Waals surface area contributed by atoms with Crippen LogP contribution >= 0.6 is 0 Å². The first-order chi connectivity index (χ1) is 7.89. The highest BCUT2D eigenvalue weighted by molar-refractivity contribution is 5.95. The van der Waals surface area contributed by atoms with E-state index in [2.05, 4.69) is 15.6 Å². The van der Waals surface area contributed by atoms with E-state index in [1.54, 1.807) is 45.3 Å². The zero-order valence-electron chi connectivity index (χ0n) is 10.3. The molecule has 5 heteroatoms. The number of hydrogen-bond donors (Lipinski definition) is 2.